The van der Waals surface area contributed by atoms with Crippen LogP contribution < -0.4 is 5.32 Å². The van der Waals surface area contributed by atoms with Gasteiger partial charge in [0.1, 0.15) is 5.82 Å². The molecule has 1 fully saturated rings. The van der Waals surface area contributed by atoms with E-state index in [1.807, 2.05) is 4.90 Å². The second-order valence-corrected chi connectivity index (χ2v) is 8.75. The predicted molar refractivity (Wildman–Crippen MR) is 121 cm³/mol. The molecule has 166 valence electrons. The SMILES string of the molecule is Cc1cc(C)cc(CCC(=O)N2CCC[C@@H](CCC(=O)NCc3ccccc3F)C2)c1. The first-order valence-corrected chi connectivity index (χ1v) is 11.3. The largest absolute Gasteiger partial charge is 0.352 e. The Balaban J connectivity index is 1.40. The summed E-state index contributed by atoms with van der Waals surface area (Å²) in [6, 6.07) is 12.9. The molecule has 0 aliphatic carbocycles. The number of rotatable bonds is 8. The molecular weight excluding hydrogens is 391 g/mol. The summed E-state index contributed by atoms with van der Waals surface area (Å²) >= 11 is 0. The van der Waals surface area contributed by atoms with Crippen LogP contribution in [0.3, 0.4) is 0 Å². The second kappa shape index (κ2) is 11.1. The fourth-order valence-electron chi connectivity index (χ4n) is 4.41. The quantitative estimate of drug-likeness (QED) is 0.667. The molecule has 0 saturated carbocycles. The van der Waals surface area contributed by atoms with E-state index in [4.69, 9.17) is 0 Å². The number of nitrogens with one attached hydrogen (secondary N) is 1. The number of hydrogen-bond donors (Lipinski definition) is 1. The smallest absolute Gasteiger partial charge is 0.222 e. The molecule has 0 bridgehead atoms. The molecule has 1 heterocycles. The Kier molecular flexibility index (Phi) is 8.21. The Morgan fingerprint density at radius 1 is 1.10 bits per heavy atom. The van der Waals surface area contributed by atoms with E-state index < -0.39 is 0 Å². The van der Waals surface area contributed by atoms with E-state index >= 15 is 0 Å². The lowest BCUT2D eigenvalue weighted by molar-refractivity contribution is -0.133. The zero-order chi connectivity index (χ0) is 22.2. The van der Waals surface area contributed by atoms with Gasteiger partial charge in [0.25, 0.3) is 0 Å². The standard InChI is InChI=1S/C26H33FN2O2/c1-19-14-20(2)16-22(15-19)10-12-26(31)29-13-5-6-21(18-29)9-11-25(30)28-17-23-7-3-4-8-24(23)27/h3-4,7-8,14-16,21H,5-6,9-13,17-18H2,1-2H3,(H,28,30)/t21-/m0/s1. The lowest BCUT2D eigenvalue weighted by atomic mass is 9.92. The van der Waals surface area contributed by atoms with Gasteiger partial charge in [-0.15, -0.1) is 0 Å². The van der Waals surface area contributed by atoms with Crippen LogP contribution in [0.4, 0.5) is 4.39 Å². The molecule has 0 aromatic heterocycles. The molecule has 31 heavy (non-hydrogen) atoms. The molecule has 0 spiro atoms. The first-order valence-electron chi connectivity index (χ1n) is 11.3. The van der Waals surface area contributed by atoms with E-state index in [1.165, 1.54) is 22.8 Å². The average molecular weight is 425 g/mol. The van der Waals surface area contributed by atoms with Crippen molar-refractivity contribution in [3.05, 3.63) is 70.5 Å². The molecule has 2 aromatic rings. The summed E-state index contributed by atoms with van der Waals surface area (Å²) in [6.07, 6.45) is 4.48. The van der Waals surface area contributed by atoms with Gasteiger partial charge in [0.2, 0.25) is 11.8 Å². The minimum absolute atomic E-state index is 0.0680. The van der Waals surface area contributed by atoms with Crippen molar-refractivity contribution in [3.63, 3.8) is 0 Å². The predicted octanol–water partition coefficient (Wildman–Crippen LogP) is 4.71. The van der Waals surface area contributed by atoms with Gasteiger partial charge < -0.3 is 10.2 Å². The number of aryl methyl sites for hydroxylation is 3. The van der Waals surface area contributed by atoms with Crippen molar-refractivity contribution in [1.82, 2.24) is 10.2 Å². The molecule has 1 aliphatic heterocycles. The van der Waals surface area contributed by atoms with Crippen LogP contribution in [0.25, 0.3) is 0 Å². The Morgan fingerprint density at radius 2 is 1.84 bits per heavy atom. The summed E-state index contributed by atoms with van der Waals surface area (Å²) in [5, 5.41) is 2.80. The van der Waals surface area contributed by atoms with Crippen molar-refractivity contribution in [3.8, 4) is 0 Å². The Labute approximate surface area is 184 Å². The highest BCUT2D eigenvalue weighted by atomic mass is 19.1. The average Bonchev–Trinajstić information content (AvgIpc) is 2.75. The fraction of sp³-hybridized carbons (Fsp3) is 0.462. The molecule has 4 nitrogen and oxygen atoms in total. The van der Waals surface area contributed by atoms with Crippen molar-refractivity contribution in [2.75, 3.05) is 13.1 Å². The molecule has 1 N–H and O–H groups in total. The van der Waals surface area contributed by atoms with Crippen LogP contribution in [0.1, 0.15) is 54.4 Å². The minimum Gasteiger partial charge on any atom is -0.352 e. The van der Waals surface area contributed by atoms with Gasteiger partial charge in [0.15, 0.2) is 0 Å². The highest BCUT2D eigenvalue weighted by molar-refractivity contribution is 5.77. The van der Waals surface area contributed by atoms with E-state index in [0.717, 1.165) is 38.8 Å². The topological polar surface area (TPSA) is 49.4 Å². The van der Waals surface area contributed by atoms with E-state index in [2.05, 4.69) is 37.4 Å². The maximum Gasteiger partial charge on any atom is 0.222 e. The summed E-state index contributed by atoms with van der Waals surface area (Å²) in [6.45, 7) is 5.91. The number of halogens is 1. The van der Waals surface area contributed by atoms with Gasteiger partial charge in [-0.2, -0.15) is 0 Å². The number of carbonyl (C=O) groups is 2. The summed E-state index contributed by atoms with van der Waals surface area (Å²) in [5.41, 5.74) is 4.17. The molecule has 0 unspecified atom stereocenters. The zero-order valence-corrected chi connectivity index (χ0v) is 18.6. The van der Waals surface area contributed by atoms with Gasteiger partial charge in [-0.1, -0.05) is 47.5 Å². The summed E-state index contributed by atoms with van der Waals surface area (Å²) in [7, 11) is 0. The third kappa shape index (κ3) is 7.20. The first kappa shape index (κ1) is 23.0. The van der Waals surface area contributed by atoms with Crippen molar-refractivity contribution in [1.29, 1.82) is 0 Å². The van der Waals surface area contributed by atoms with E-state index in [1.54, 1.807) is 18.2 Å². The van der Waals surface area contributed by atoms with Crippen LogP contribution in [0.15, 0.2) is 42.5 Å². The zero-order valence-electron chi connectivity index (χ0n) is 18.6. The molecule has 5 heteroatoms. The molecule has 2 amide bonds. The number of likely N-dealkylation sites (tertiary alicyclic amines) is 1. The highest BCUT2D eigenvalue weighted by Crippen LogP contribution is 2.22. The number of hydrogen-bond acceptors (Lipinski definition) is 2. The van der Waals surface area contributed by atoms with Crippen LogP contribution in [0.2, 0.25) is 0 Å². The van der Waals surface area contributed by atoms with Gasteiger partial charge in [-0.05, 0) is 57.1 Å². The van der Waals surface area contributed by atoms with Crippen LogP contribution >= 0.6 is 0 Å². The summed E-state index contributed by atoms with van der Waals surface area (Å²) in [5.74, 6) is 0.178. The third-order valence-corrected chi connectivity index (χ3v) is 5.99. The summed E-state index contributed by atoms with van der Waals surface area (Å²) < 4.78 is 13.7. The van der Waals surface area contributed by atoms with E-state index in [-0.39, 0.29) is 24.2 Å². The molecule has 2 aromatic carbocycles. The van der Waals surface area contributed by atoms with Gasteiger partial charge in [-0.25, -0.2) is 4.39 Å². The number of nitrogens with zero attached hydrogens (tertiary/aromatic N) is 1. The number of piperidine rings is 1. The Hall–Kier alpha value is -2.69. The lowest BCUT2D eigenvalue weighted by Gasteiger charge is -2.33. The molecule has 3 rings (SSSR count). The van der Waals surface area contributed by atoms with Crippen LogP contribution in [-0.2, 0) is 22.6 Å². The van der Waals surface area contributed by atoms with E-state index in [0.29, 0.717) is 24.3 Å². The van der Waals surface area contributed by atoms with Crippen molar-refractivity contribution < 1.29 is 14.0 Å². The Morgan fingerprint density at radius 3 is 2.58 bits per heavy atom. The second-order valence-electron chi connectivity index (χ2n) is 8.75. The minimum atomic E-state index is -0.301. The number of benzene rings is 2. The van der Waals surface area contributed by atoms with Gasteiger partial charge in [-0.3, -0.25) is 9.59 Å². The van der Waals surface area contributed by atoms with Gasteiger partial charge in [0.05, 0.1) is 0 Å². The van der Waals surface area contributed by atoms with Crippen molar-refractivity contribution in [2.45, 2.75) is 58.9 Å². The number of amides is 2. The van der Waals surface area contributed by atoms with Gasteiger partial charge >= 0.3 is 0 Å². The van der Waals surface area contributed by atoms with E-state index in [9.17, 15) is 14.0 Å². The molecule has 1 saturated heterocycles. The van der Waals surface area contributed by atoms with Crippen molar-refractivity contribution >= 4 is 11.8 Å². The summed E-state index contributed by atoms with van der Waals surface area (Å²) in [4.78, 5) is 26.9. The third-order valence-electron chi connectivity index (χ3n) is 5.99. The molecule has 1 atom stereocenters. The molecule has 0 radical (unpaired) electrons. The van der Waals surface area contributed by atoms with Crippen LogP contribution in [0, 0.1) is 25.6 Å². The highest BCUT2D eigenvalue weighted by Gasteiger charge is 2.24. The Bertz CT molecular complexity index is 892. The monoisotopic (exact) mass is 424 g/mol. The normalized spacial score (nSPS) is 16.2. The maximum absolute atomic E-state index is 13.7. The van der Waals surface area contributed by atoms with Crippen LogP contribution in [-0.4, -0.2) is 29.8 Å². The molecular formula is C26H33FN2O2. The lowest BCUT2D eigenvalue weighted by Crippen LogP contribution is -2.40. The first-order chi connectivity index (χ1) is 14.9. The van der Waals surface area contributed by atoms with Gasteiger partial charge in [0, 0.05) is 38.0 Å². The maximum atomic E-state index is 13.7. The fourth-order valence-corrected chi connectivity index (χ4v) is 4.41. The molecule has 1 aliphatic rings. The number of carbonyl (C=O) groups excluding carboxylic acids is 2. The van der Waals surface area contributed by atoms with Crippen molar-refractivity contribution in [2.24, 2.45) is 5.92 Å². The van der Waals surface area contributed by atoms with Crippen LogP contribution in [0.5, 0.6) is 0 Å².